The Kier molecular flexibility index (Phi) is 2.94. The van der Waals surface area contributed by atoms with Crippen molar-refractivity contribution in [1.29, 1.82) is 0 Å². The fourth-order valence-corrected chi connectivity index (χ4v) is 2.75. The third-order valence-corrected chi connectivity index (χ3v) is 3.63. The number of thioether (sulfide) groups is 1. The maximum absolute atomic E-state index is 11.1. The van der Waals surface area contributed by atoms with E-state index in [2.05, 4.69) is 4.90 Å². The Bertz CT molecular complexity index is 229. The van der Waals surface area contributed by atoms with Crippen molar-refractivity contribution >= 4 is 17.5 Å². The molecular formula is C10H15NOS. The van der Waals surface area contributed by atoms with Gasteiger partial charge in [0.2, 0.25) is 0 Å². The van der Waals surface area contributed by atoms with Crippen LogP contribution in [0.15, 0.2) is 11.8 Å². The molecule has 1 fully saturated rings. The SMILES string of the molecule is O=C1C=C(N2CCCSCC2)CC1. The summed E-state index contributed by atoms with van der Waals surface area (Å²) in [6.45, 7) is 2.27. The van der Waals surface area contributed by atoms with Crippen LogP contribution >= 0.6 is 11.8 Å². The van der Waals surface area contributed by atoms with Gasteiger partial charge in [0.1, 0.15) is 0 Å². The zero-order chi connectivity index (χ0) is 9.10. The average molecular weight is 197 g/mol. The van der Waals surface area contributed by atoms with Crippen LogP contribution in [-0.2, 0) is 4.79 Å². The summed E-state index contributed by atoms with van der Waals surface area (Å²) in [6.07, 6.45) is 4.81. The maximum atomic E-state index is 11.1. The molecule has 0 bridgehead atoms. The lowest BCUT2D eigenvalue weighted by atomic mass is 10.3. The molecule has 2 nitrogen and oxygen atoms in total. The van der Waals surface area contributed by atoms with Crippen LogP contribution in [0.4, 0.5) is 0 Å². The van der Waals surface area contributed by atoms with Crippen LogP contribution < -0.4 is 0 Å². The highest BCUT2D eigenvalue weighted by Crippen LogP contribution is 2.22. The Balaban J connectivity index is 1.98. The molecule has 1 aliphatic heterocycles. The number of rotatable bonds is 1. The molecule has 0 N–H and O–H groups in total. The van der Waals surface area contributed by atoms with Gasteiger partial charge in [0, 0.05) is 37.0 Å². The van der Waals surface area contributed by atoms with Crippen LogP contribution in [0.3, 0.4) is 0 Å². The third kappa shape index (κ3) is 2.27. The van der Waals surface area contributed by atoms with E-state index in [1.54, 1.807) is 0 Å². The normalized spacial score (nSPS) is 24.5. The van der Waals surface area contributed by atoms with Crippen molar-refractivity contribution in [2.75, 3.05) is 24.6 Å². The van der Waals surface area contributed by atoms with Crippen LogP contribution in [0.2, 0.25) is 0 Å². The Morgan fingerprint density at radius 3 is 2.92 bits per heavy atom. The summed E-state index contributed by atoms with van der Waals surface area (Å²) < 4.78 is 0. The Labute approximate surface area is 83.4 Å². The summed E-state index contributed by atoms with van der Waals surface area (Å²) in [5.41, 5.74) is 1.28. The molecule has 0 radical (unpaired) electrons. The highest BCUT2D eigenvalue weighted by atomic mass is 32.2. The predicted octanol–water partition coefficient (Wildman–Crippen LogP) is 1.67. The van der Waals surface area contributed by atoms with E-state index in [1.807, 2.05) is 17.8 Å². The number of hydrogen-bond acceptors (Lipinski definition) is 3. The summed E-state index contributed by atoms with van der Waals surface area (Å²) >= 11 is 2.03. The minimum Gasteiger partial charge on any atom is -0.374 e. The minimum absolute atomic E-state index is 0.312. The highest BCUT2D eigenvalue weighted by molar-refractivity contribution is 7.99. The second-order valence-electron chi connectivity index (χ2n) is 3.55. The number of ketones is 1. The molecule has 2 rings (SSSR count). The molecule has 0 unspecified atom stereocenters. The third-order valence-electron chi connectivity index (χ3n) is 2.58. The smallest absolute Gasteiger partial charge is 0.157 e. The summed E-state index contributed by atoms with van der Waals surface area (Å²) in [6, 6.07) is 0. The van der Waals surface area contributed by atoms with Crippen molar-refractivity contribution in [3.63, 3.8) is 0 Å². The molecular weight excluding hydrogens is 182 g/mol. The van der Waals surface area contributed by atoms with Gasteiger partial charge >= 0.3 is 0 Å². The van der Waals surface area contributed by atoms with Crippen molar-refractivity contribution in [2.24, 2.45) is 0 Å². The van der Waals surface area contributed by atoms with Gasteiger partial charge in [0.25, 0.3) is 0 Å². The first-order valence-electron chi connectivity index (χ1n) is 4.92. The first kappa shape index (κ1) is 9.13. The van der Waals surface area contributed by atoms with Gasteiger partial charge in [-0.05, 0) is 18.6 Å². The van der Waals surface area contributed by atoms with E-state index in [0.29, 0.717) is 5.78 Å². The molecule has 0 spiro atoms. The Hall–Kier alpha value is -0.440. The number of carbonyl (C=O) groups excluding carboxylic acids is 1. The predicted molar refractivity (Wildman–Crippen MR) is 55.8 cm³/mol. The van der Waals surface area contributed by atoms with Crippen LogP contribution in [0.25, 0.3) is 0 Å². The highest BCUT2D eigenvalue weighted by Gasteiger charge is 2.18. The molecule has 13 heavy (non-hydrogen) atoms. The van der Waals surface area contributed by atoms with E-state index in [4.69, 9.17) is 0 Å². The molecule has 1 saturated heterocycles. The summed E-state index contributed by atoms with van der Waals surface area (Å²) in [7, 11) is 0. The van der Waals surface area contributed by atoms with Gasteiger partial charge in [-0.3, -0.25) is 4.79 Å². The molecule has 72 valence electrons. The molecule has 0 saturated carbocycles. The molecule has 0 aromatic carbocycles. The number of allylic oxidation sites excluding steroid dienone is 2. The monoisotopic (exact) mass is 197 g/mol. The lowest BCUT2D eigenvalue weighted by Gasteiger charge is -2.22. The molecule has 0 atom stereocenters. The van der Waals surface area contributed by atoms with E-state index in [0.717, 1.165) is 25.9 Å². The van der Waals surface area contributed by atoms with Crippen molar-refractivity contribution < 1.29 is 4.79 Å². The van der Waals surface area contributed by atoms with Gasteiger partial charge < -0.3 is 4.90 Å². The largest absolute Gasteiger partial charge is 0.374 e. The maximum Gasteiger partial charge on any atom is 0.157 e. The van der Waals surface area contributed by atoms with Crippen molar-refractivity contribution in [2.45, 2.75) is 19.3 Å². The molecule has 2 aliphatic rings. The second-order valence-corrected chi connectivity index (χ2v) is 4.78. The summed E-state index contributed by atoms with van der Waals surface area (Å²) in [4.78, 5) is 13.5. The topological polar surface area (TPSA) is 20.3 Å². The molecule has 1 aliphatic carbocycles. The van der Waals surface area contributed by atoms with Crippen molar-refractivity contribution in [3.05, 3.63) is 11.8 Å². The van der Waals surface area contributed by atoms with Crippen LogP contribution in [0, 0.1) is 0 Å². The van der Waals surface area contributed by atoms with Gasteiger partial charge in [-0.15, -0.1) is 0 Å². The zero-order valence-corrected chi connectivity index (χ0v) is 8.61. The van der Waals surface area contributed by atoms with Crippen LogP contribution in [-0.4, -0.2) is 35.3 Å². The number of hydrogen-bond donors (Lipinski definition) is 0. The van der Waals surface area contributed by atoms with Crippen molar-refractivity contribution in [3.8, 4) is 0 Å². The minimum atomic E-state index is 0.312. The average Bonchev–Trinajstić information content (AvgIpc) is 2.43. The first-order chi connectivity index (χ1) is 6.36. The van der Waals surface area contributed by atoms with E-state index in [-0.39, 0.29) is 0 Å². The Morgan fingerprint density at radius 1 is 1.23 bits per heavy atom. The fraction of sp³-hybridized carbons (Fsp3) is 0.700. The summed E-state index contributed by atoms with van der Waals surface area (Å²) in [5, 5.41) is 0. The van der Waals surface area contributed by atoms with E-state index >= 15 is 0 Å². The van der Waals surface area contributed by atoms with Gasteiger partial charge in [0.05, 0.1) is 0 Å². The van der Waals surface area contributed by atoms with Crippen LogP contribution in [0.5, 0.6) is 0 Å². The molecule has 0 amide bonds. The summed E-state index contributed by atoms with van der Waals surface area (Å²) in [5.74, 6) is 2.80. The lowest BCUT2D eigenvalue weighted by Crippen LogP contribution is -2.24. The molecule has 0 aromatic rings. The van der Waals surface area contributed by atoms with E-state index < -0.39 is 0 Å². The standard InChI is InChI=1S/C10H15NOS/c12-10-3-2-9(8-10)11-4-1-6-13-7-5-11/h8H,1-7H2. The number of carbonyl (C=O) groups is 1. The van der Waals surface area contributed by atoms with E-state index in [1.165, 1.54) is 23.6 Å². The molecule has 0 aromatic heterocycles. The zero-order valence-electron chi connectivity index (χ0n) is 7.79. The second kappa shape index (κ2) is 4.18. The van der Waals surface area contributed by atoms with Crippen molar-refractivity contribution in [1.82, 2.24) is 4.90 Å². The fourth-order valence-electron chi connectivity index (χ4n) is 1.86. The van der Waals surface area contributed by atoms with Gasteiger partial charge in [-0.1, -0.05) is 0 Å². The lowest BCUT2D eigenvalue weighted by molar-refractivity contribution is -0.114. The Morgan fingerprint density at radius 2 is 2.15 bits per heavy atom. The first-order valence-corrected chi connectivity index (χ1v) is 6.08. The van der Waals surface area contributed by atoms with E-state index in [9.17, 15) is 4.79 Å². The van der Waals surface area contributed by atoms with Crippen LogP contribution in [0.1, 0.15) is 19.3 Å². The molecule has 1 heterocycles. The van der Waals surface area contributed by atoms with Gasteiger partial charge in [0.15, 0.2) is 5.78 Å². The van der Waals surface area contributed by atoms with Gasteiger partial charge in [-0.25, -0.2) is 0 Å². The quantitative estimate of drug-likeness (QED) is 0.638. The van der Waals surface area contributed by atoms with Gasteiger partial charge in [-0.2, -0.15) is 11.8 Å². The number of nitrogens with zero attached hydrogens (tertiary/aromatic N) is 1. The molecule has 3 heteroatoms.